The molecule has 0 spiro atoms. The van der Waals surface area contributed by atoms with Gasteiger partial charge in [-0.3, -0.25) is 4.79 Å². The Hall–Kier alpha value is 0.0300. The van der Waals surface area contributed by atoms with Gasteiger partial charge in [0.15, 0.2) is 0 Å². The maximum absolute atomic E-state index is 9.46. The zero-order valence-corrected chi connectivity index (χ0v) is 8.21. The first-order chi connectivity index (χ1) is 4.00. The summed E-state index contributed by atoms with van der Waals surface area (Å²) in [7, 11) is 0. The first-order valence-electron chi connectivity index (χ1n) is 1.69. The molecule has 1 N–H and O–H groups in total. The third kappa shape index (κ3) is 96.3. The minimum absolute atomic E-state index is 0. The van der Waals surface area contributed by atoms with Gasteiger partial charge in [-0.2, -0.15) is 0 Å². The van der Waals surface area contributed by atoms with Crippen molar-refractivity contribution in [3.63, 3.8) is 0 Å². The molecule has 0 fully saturated rings. The molecule has 0 bridgehead atoms. The molecule has 0 heterocycles. The number of carboxylic acid groups (broad SMARTS) is 2. The summed E-state index contributed by atoms with van der Waals surface area (Å²) in [4.78, 5) is 17.9. The van der Waals surface area contributed by atoms with Gasteiger partial charge in [-0.25, -0.2) is 0 Å². The maximum atomic E-state index is 9.46. The van der Waals surface area contributed by atoms with Gasteiger partial charge in [0.25, 0.3) is 0 Å². The normalized spacial score (nSPS) is 5.80. The van der Waals surface area contributed by atoms with Crippen molar-refractivity contribution in [1.29, 1.82) is 0 Å². The molecule has 5 nitrogen and oxygen atoms in total. The van der Waals surface area contributed by atoms with E-state index in [1.165, 1.54) is 6.92 Å². The summed E-state index contributed by atoms with van der Waals surface area (Å²) in [5, 5.41) is 15.3. The van der Waals surface area contributed by atoms with E-state index in [9.17, 15) is 4.79 Å². The second-order valence-corrected chi connectivity index (χ2v) is 0.989. The quantitative estimate of drug-likeness (QED) is 0.391. The number of carbonyl (C=O) groups is 2. The smallest absolute Gasteiger partial charge is 0.565 e. The number of hydrogen-bond donors (Lipinski definition) is 1. The summed E-state index contributed by atoms with van der Waals surface area (Å²) in [5.41, 5.74) is 0. The monoisotopic (exact) mass is 178 g/mol. The molecule has 0 aromatic heterocycles. The standard InChI is InChI=1S/C2H3ClO2.CH2O3.Na/c1-2(4)5-3;2-1(3)4;/h1H3;(H2,2,3,4);/q;;+1/p-1. The fourth-order valence-corrected chi connectivity index (χ4v) is 0. The first kappa shape index (κ1) is 16.5. The molecule has 0 aromatic carbocycles. The molecule has 0 aromatic rings. The zero-order valence-electron chi connectivity index (χ0n) is 5.46. The molecule has 0 saturated carbocycles. The molecule has 0 aliphatic rings. The molecule has 0 aliphatic carbocycles. The van der Waals surface area contributed by atoms with E-state index in [0.717, 1.165) is 0 Å². The van der Waals surface area contributed by atoms with Gasteiger partial charge in [-0.15, -0.1) is 0 Å². The van der Waals surface area contributed by atoms with E-state index in [0.29, 0.717) is 0 Å². The maximum Gasteiger partial charge on any atom is 1.00 e. The summed E-state index contributed by atoms with van der Waals surface area (Å²) in [5.74, 6) is -0.480. The molecule has 0 unspecified atom stereocenters. The van der Waals surface area contributed by atoms with Gasteiger partial charge in [-0.05, 0) is 0 Å². The van der Waals surface area contributed by atoms with Crippen LogP contribution >= 0.6 is 11.9 Å². The summed E-state index contributed by atoms with van der Waals surface area (Å²) < 4.78 is 3.58. The van der Waals surface area contributed by atoms with Gasteiger partial charge in [0, 0.05) is 6.92 Å². The number of hydrogen-bond acceptors (Lipinski definition) is 4. The van der Waals surface area contributed by atoms with Crippen molar-refractivity contribution >= 4 is 24.0 Å². The molecule has 0 radical (unpaired) electrons. The van der Waals surface area contributed by atoms with Crippen LogP contribution in [0.1, 0.15) is 6.92 Å². The number of halogens is 1. The Morgan fingerprint density at radius 3 is 1.70 bits per heavy atom. The molecule has 0 atom stereocenters. The van der Waals surface area contributed by atoms with Crippen LogP contribution in [0.2, 0.25) is 0 Å². The Kier molecular flexibility index (Phi) is 19.5. The van der Waals surface area contributed by atoms with E-state index in [2.05, 4.69) is 16.2 Å². The molecular formula is C3H4ClNaO5. The van der Waals surface area contributed by atoms with E-state index in [4.69, 9.17) is 15.0 Å². The average Bonchev–Trinajstić information content (AvgIpc) is 1.65. The SMILES string of the molecule is CC(=O)OCl.O=C([O-])O.[Na+]. The van der Waals surface area contributed by atoms with Crippen LogP contribution in [-0.4, -0.2) is 17.2 Å². The molecule has 0 saturated heterocycles. The van der Waals surface area contributed by atoms with Crippen LogP contribution < -0.4 is 34.7 Å². The van der Waals surface area contributed by atoms with Gasteiger partial charge in [0.05, 0.1) is 0 Å². The second kappa shape index (κ2) is 11.8. The molecule has 0 rings (SSSR count). The molecule has 7 heteroatoms. The first-order valence-corrected chi connectivity index (χ1v) is 2.00. The second-order valence-electron chi connectivity index (χ2n) is 0.835. The van der Waals surface area contributed by atoms with E-state index in [-0.39, 0.29) is 29.6 Å². The minimum atomic E-state index is -2.08. The van der Waals surface area contributed by atoms with E-state index < -0.39 is 12.1 Å². The fourth-order valence-electron chi connectivity index (χ4n) is 0. The molecule has 0 amide bonds. The Labute approximate surface area is 84.4 Å². The van der Waals surface area contributed by atoms with E-state index in [1.54, 1.807) is 0 Å². The van der Waals surface area contributed by atoms with Crippen molar-refractivity contribution in [1.82, 2.24) is 0 Å². The van der Waals surface area contributed by atoms with Crippen molar-refractivity contribution in [2.45, 2.75) is 6.92 Å². The van der Waals surface area contributed by atoms with Gasteiger partial charge >= 0.3 is 35.5 Å². The summed E-state index contributed by atoms with van der Waals surface area (Å²) >= 11 is 4.49. The molecule has 54 valence electrons. The number of carbonyl (C=O) groups excluding carboxylic acids is 1. The van der Waals surface area contributed by atoms with Crippen LogP contribution in [0.4, 0.5) is 4.79 Å². The zero-order chi connectivity index (χ0) is 7.86. The number of rotatable bonds is 0. The van der Waals surface area contributed by atoms with Gasteiger partial charge in [0.1, 0.15) is 11.9 Å². The molecular weight excluding hydrogens is 174 g/mol. The Morgan fingerprint density at radius 1 is 1.60 bits per heavy atom. The topological polar surface area (TPSA) is 86.7 Å². The third-order valence-corrected chi connectivity index (χ3v) is 0.326. The minimum Gasteiger partial charge on any atom is -0.565 e. The van der Waals surface area contributed by atoms with E-state index >= 15 is 0 Å². The van der Waals surface area contributed by atoms with Crippen LogP contribution in [0.3, 0.4) is 0 Å². The summed E-state index contributed by atoms with van der Waals surface area (Å²) in [6.07, 6.45) is -2.08. The predicted octanol–water partition coefficient (Wildman–Crippen LogP) is -3.40. The fraction of sp³-hybridized carbons (Fsp3) is 0.333. The molecule has 0 aliphatic heterocycles. The van der Waals surface area contributed by atoms with Crippen LogP contribution in [0, 0.1) is 0 Å². The predicted molar refractivity (Wildman–Crippen MR) is 25.6 cm³/mol. The summed E-state index contributed by atoms with van der Waals surface area (Å²) in [6, 6.07) is 0. The molecule has 10 heavy (non-hydrogen) atoms. The van der Waals surface area contributed by atoms with Crippen LogP contribution in [0.5, 0.6) is 0 Å². The van der Waals surface area contributed by atoms with Crippen LogP contribution in [0.15, 0.2) is 0 Å². The van der Waals surface area contributed by atoms with Gasteiger partial charge < -0.3 is 19.3 Å². The Bertz CT molecular complexity index is 101. The van der Waals surface area contributed by atoms with Crippen molar-refractivity contribution in [3.8, 4) is 0 Å². The van der Waals surface area contributed by atoms with Crippen molar-refractivity contribution in [3.05, 3.63) is 0 Å². The van der Waals surface area contributed by atoms with Crippen LogP contribution in [-0.2, 0) is 9.08 Å². The van der Waals surface area contributed by atoms with Crippen molar-refractivity contribution < 1.29 is 53.6 Å². The van der Waals surface area contributed by atoms with Gasteiger partial charge in [0.2, 0.25) is 6.16 Å². The van der Waals surface area contributed by atoms with Crippen molar-refractivity contribution in [2.24, 2.45) is 0 Å². The largest absolute Gasteiger partial charge is 1.00 e. The summed E-state index contributed by atoms with van der Waals surface area (Å²) in [6.45, 7) is 1.23. The Balaban J connectivity index is -0.0000000910. The van der Waals surface area contributed by atoms with Crippen molar-refractivity contribution in [2.75, 3.05) is 0 Å². The Morgan fingerprint density at radius 2 is 1.70 bits per heavy atom. The third-order valence-electron chi connectivity index (χ3n) is 0.109. The van der Waals surface area contributed by atoms with Gasteiger partial charge in [-0.1, -0.05) is 0 Å². The van der Waals surface area contributed by atoms with Crippen LogP contribution in [0.25, 0.3) is 0 Å². The average molecular weight is 179 g/mol. The van der Waals surface area contributed by atoms with E-state index in [1.807, 2.05) is 0 Å².